The number of rotatable bonds is 7. The normalized spacial score (nSPS) is 12.7. The molecule has 0 radical (unpaired) electrons. The Kier molecular flexibility index (Phi) is 6.43. The first kappa shape index (κ1) is 19.1. The van der Waals surface area contributed by atoms with Gasteiger partial charge in [0.2, 0.25) is 6.54 Å². The van der Waals surface area contributed by atoms with Crippen LogP contribution in [0.5, 0.6) is 0 Å². The highest BCUT2D eigenvalue weighted by atomic mass is 16.6. The molecule has 0 fully saturated rings. The van der Waals surface area contributed by atoms with Gasteiger partial charge in [-0.3, -0.25) is 14.9 Å². The van der Waals surface area contributed by atoms with Crippen molar-refractivity contribution in [1.82, 2.24) is 0 Å². The maximum Gasteiger partial charge on any atom is 0.337 e. The summed E-state index contributed by atoms with van der Waals surface area (Å²) in [5.41, 5.74) is 1.52. The van der Waals surface area contributed by atoms with Gasteiger partial charge in [0.15, 0.2) is 0 Å². The van der Waals surface area contributed by atoms with Gasteiger partial charge < -0.3 is 9.47 Å². The van der Waals surface area contributed by atoms with Gasteiger partial charge in [-0.15, -0.1) is 0 Å². The molecule has 7 heteroatoms. The largest absolute Gasteiger partial charge is 0.469 e. The van der Waals surface area contributed by atoms with Crippen LogP contribution in [-0.2, 0) is 14.3 Å². The van der Waals surface area contributed by atoms with Crippen molar-refractivity contribution in [3.63, 3.8) is 0 Å². The Hall–Kier alpha value is -3.22. The Morgan fingerprint density at radius 3 is 2.08 bits per heavy atom. The SMILES string of the molecule is COC(=O)c1ccc([C@H](C(=O)OC)[C@H](C[N+](=O)[O-])c2ccccc2)cc1. The monoisotopic (exact) mass is 357 g/mol. The summed E-state index contributed by atoms with van der Waals surface area (Å²) in [4.78, 5) is 34.8. The van der Waals surface area contributed by atoms with Crippen LogP contribution in [0.3, 0.4) is 0 Å². The third kappa shape index (κ3) is 4.44. The van der Waals surface area contributed by atoms with Gasteiger partial charge >= 0.3 is 11.9 Å². The van der Waals surface area contributed by atoms with Crippen LogP contribution < -0.4 is 0 Å². The molecule has 2 aromatic carbocycles. The number of esters is 2. The molecule has 0 heterocycles. The molecule has 0 aliphatic heterocycles. The van der Waals surface area contributed by atoms with Crippen molar-refractivity contribution in [3.8, 4) is 0 Å². The van der Waals surface area contributed by atoms with Crippen molar-refractivity contribution >= 4 is 11.9 Å². The Bertz CT molecular complexity index is 772. The predicted molar refractivity (Wildman–Crippen MR) is 93.6 cm³/mol. The molecule has 7 nitrogen and oxygen atoms in total. The van der Waals surface area contributed by atoms with Gasteiger partial charge in [0.25, 0.3) is 0 Å². The first-order chi connectivity index (χ1) is 12.5. The van der Waals surface area contributed by atoms with E-state index in [1.54, 1.807) is 42.5 Å². The first-order valence-electron chi connectivity index (χ1n) is 7.90. The van der Waals surface area contributed by atoms with Crippen molar-refractivity contribution in [1.29, 1.82) is 0 Å². The molecule has 0 saturated carbocycles. The lowest BCUT2D eigenvalue weighted by Crippen LogP contribution is -2.27. The zero-order valence-electron chi connectivity index (χ0n) is 14.5. The standard InChI is InChI=1S/C19H19NO6/c1-25-18(21)15-10-8-14(9-11-15)17(19(22)26-2)16(12-20(23)24)13-6-4-3-5-7-13/h3-11,16-17H,12H2,1-2H3/t16-,17+/m1/s1. The van der Waals surface area contributed by atoms with E-state index in [2.05, 4.69) is 4.74 Å². The van der Waals surface area contributed by atoms with E-state index < -0.39 is 35.2 Å². The van der Waals surface area contributed by atoms with Crippen molar-refractivity contribution < 1.29 is 24.0 Å². The van der Waals surface area contributed by atoms with E-state index >= 15 is 0 Å². The summed E-state index contributed by atoms with van der Waals surface area (Å²) in [5, 5.41) is 11.2. The van der Waals surface area contributed by atoms with E-state index in [0.29, 0.717) is 16.7 Å². The fraction of sp³-hybridized carbons (Fsp3) is 0.263. The molecule has 0 aromatic heterocycles. The van der Waals surface area contributed by atoms with Gasteiger partial charge in [-0.2, -0.15) is 0 Å². The fourth-order valence-corrected chi connectivity index (χ4v) is 2.87. The molecule has 0 aliphatic rings. The lowest BCUT2D eigenvalue weighted by atomic mass is 9.81. The van der Waals surface area contributed by atoms with Crippen LogP contribution in [0.1, 0.15) is 33.3 Å². The molecular formula is C19H19NO6. The van der Waals surface area contributed by atoms with Crippen molar-refractivity contribution in [2.45, 2.75) is 11.8 Å². The summed E-state index contributed by atoms with van der Waals surface area (Å²) in [5.74, 6) is -2.66. The molecule has 2 rings (SSSR count). The third-order valence-corrected chi connectivity index (χ3v) is 4.12. The van der Waals surface area contributed by atoms with Crippen LogP contribution in [0.15, 0.2) is 54.6 Å². The highest BCUT2D eigenvalue weighted by Gasteiger charge is 2.35. The van der Waals surface area contributed by atoms with Crippen LogP contribution in [0.4, 0.5) is 0 Å². The number of hydrogen-bond donors (Lipinski definition) is 0. The number of carbonyl (C=O) groups excluding carboxylic acids is 2. The molecule has 136 valence electrons. The summed E-state index contributed by atoms with van der Waals surface area (Å²) in [7, 11) is 2.52. The molecule has 2 aromatic rings. The van der Waals surface area contributed by atoms with Crippen LogP contribution in [0.25, 0.3) is 0 Å². The lowest BCUT2D eigenvalue weighted by Gasteiger charge is -2.23. The van der Waals surface area contributed by atoms with Gasteiger partial charge in [-0.25, -0.2) is 4.79 Å². The maximum atomic E-state index is 12.4. The van der Waals surface area contributed by atoms with E-state index in [1.807, 2.05) is 0 Å². The zero-order valence-corrected chi connectivity index (χ0v) is 14.5. The molecule has 0 unspecified atom stereocenters. The summed E-state index contributed by atoms with van der Waals surface area (Å²) < 4.78 is 9.55. The summed E-state index contributed by atoms with van der Waals surface area (Å²) in [6.45, 7) is -0.428. The molecule has 26 heavy (non-hydrogen) atoms. The van der Waals surface area contributed by atoms with Gasteiger partial charge in [0, 0.05) is 4.92 Å². The molecule has 2 atom stereocenters. The number of nitrogens with zero attached hydrogens (tertiary/aromatic N) is 1. The van der Waals surface area contributed by atoms with Crippen molar-refractivity contribution in [2.75, 3.05) is 20.8 Å². The third-order valence-electron chi connectivity index (χ3n) is 4.12. The predicted octanol–water partition coefficient (Wildman–Crippen LogP) is 2.79. The Labute approximate surface area is 150 Å². The van der Waals surface area contributed by atoms with E-state index in [9.17, 15) is 19.7 Å². The molecule has 0 saturated heterocycles. The fourth-order valence-electron chi connectivity index (χ4n) is 2.87. The minimum atomic E-state index is -0.875. The second-order valence-electron chi connectivity index (χ2n) is 5.65. The van der Waals surface area contributed by atoms with Crippen LogP contribution in [0, 0.1) is 10.1 Å². The quantitative estimate of drug-likeness (QED) is 0.429. The molecule has 0 spiro atoms. The number of hydrogen-bond acceptors (Lipinski definition) is 6. The van der Waals surface area contributed by atoms with Crippen LogP contribution in [-0.4, -0.2) is 37.6 Å². The minimum Gasteiger partial charge on any atom is -0.469 e. The van der Waals surface area contributed by atoms with Crippen LogP contribution in [0.2, 0.25) is 0 Å². The topological polar surface area (TPSA) is 95.7 Å². The average Bonchev–Trinajstić information content (AvgIpc) is 2.67. The highest BCUT2D eigenvalue weighted by Crippen LogP contribution is 2.34. The van der Waals surface area contributed by atoms with E-state index in [0.717, 1.165) is 0 Å². The second kappa shape index (κ2) is 8.75. The second-order valence-corrected chi connectivity index (χ2v) is 5.65. The van der Waals surface area contributed by atoms with Gasteiger partial charge in [-0.1, -0.05) is 42.5 Å². The molecule has 0 bridgehead atoms. The number of ether oxygens (including phenoxy) is 2. The van der Waals surface area contributed by atoms with E-state index in [1.165, 1.54) is 26.4 Å². The Balaban J connectivity index is 2.48. The number of benzene rings is 2. The minimum absolute atomic E-state index is 0.324. The summed E-state index contributed by atoms with van der Waals surface area (Å²) in [6.07, 6.45) is 0. The van der Waals surface area contributed by atoms with E-state index in [4.69, 9.17) is 4.74 Å². The summed E-state index contributed by atoms with van der Waals surface area (Å²) >= 11 is 0. The molecule has 0 amide bonds. The number of nitro groups is 1. The number of methoxy groups -OCH3 is 2. The Morgan fingerprint density at radius 2 is 1.58 bits per heavy atom. The number of carbonyl (C=O) groups is 2. The zero-order chi connectivity index (χ0) is 19.1. The smallest absolute Gasteiger partial charge is 0.337 e. The lowest BCUT2D eigenvalue weighted by molar-refractivity contribution is -0.483. The average molecular weight is 357 g/mol. The van der Waals surface area contributed by atoms with Crippen LogP contribution >= 0.6 is 0 Å². The summed E-state index contributed by atoms with van der Waals surface area (Å²) in [6, 6.07) is 15.0. The Morgan fingerprint density at radius 1 is 0.962 bits per heavy atom. The van der Waals surface area contributed by atoms with Gasteiger partial charge in [0.05, 0.1) is 31.6 Å². The first-order valence-corrected chi connectivity index (χ1v) is 7.90. The van der Waals surface area contributed by atoms with Crippen molar-refractivity contribution in [2.24, 2.45) is 0 Å². The molecular weight excluding hydrogens is 338 g/mol. The van der Waals surface area contributed by atoms with Crippen molar-refractivity contribution in [3.05, 3.63) is 81.4 Å². The molecule has 0 N–H and O–H groups in total. The van der Waals surface area contributed by atoms with E-state index in [-0.39, 0.29) is 0 Å². The maximum absolute atomic E-state index is 12.4. The van der Waals surface area contributed by atoms with Gasteiger partial charge in [-0.05, 0) is 23.3 Å². The van der Waals surface area contributed by atoms with Gasteiger partial charge in [0.1, 0.15) is 0 Å². The highest BCUT2D eigenvalue weighted by molar-refractivity contribution is 5.89. The molecule has 0 aliphatic carbocycles.